The Kier molecular flexibility index (Phi) is 6.53. The molecule has 2 N–H and O–H groups in total. The quantitative estimate of drug-likeness (QED) is 0.599. The summed E-state index contributed by atoms with van der Waals surface area (Å²) in [5.74, 6) is 0.747. The fourth-order valence-electron chi connectivity index (χ4n) is 2.19. The molecule has 0 saturated carbocycles. The number of alkyl halides is 2. The standard InChI is InChI=1S/C16H21F2N5O/c1-19-16(20-8-7-12-9-22-23(2)11-12)21-10-13-5-3-4-6-14(13)24-15(17)18/h3-6,9,11,15H,7-8,10H2,1-2H3,(H2,19,20,21). The number of aliphatic imine (C=N–C) groups is 1. The van der Waals surface area contributed by atoms with Crippen molar-refractivity contribution in [1.29, 1.82) is 0 Å². The number of ether oxygens (including phenoxy) is 1. The van der Waals surface area contributed by atoms with Crippen molar-refractivity contribution in [1.82, 2.24) is 20.4 Å². The first kappa shape index (κ1) is 17.7. The molecule has 0 radical (unpaired) electrons. The molecule has 2 rings (SSSR count). The Hall–Kier alpha value is -2.64. The van der Waals surface area contributed by atoms with Gasteiger partial charge >= 0.3 is 6.61 Å². The second kappa shape index (κ2) is 8.85. The van der Waals surface area contributed by atoms with E-state index >= 15 is 0 Å². The highest BCUT2D eigenvalue weighted by Gasteiger charge is 2.09. The normalized spacial score (nSPS) is 11.6. The molecule has 0 atom stereocenters. The van der Waals surface area contributed by atoms with E-state index in [2.05, 4.69) is 25.5 Å². The minimum absolute atomic E-state index is 0.158. The lowest BCUT2D eigenvalue weighted by Crippen LogP contribution is -2.37. The van der Waals surface area contributed by atoms with Gasteiger partial charge in [-0.2, -0.15) is 13.9 Å². The summed E-state index contributed by atoms with van der Waals surface area (Å²) in [5, 5.41) is 10.4. The van der Waals surface area contributed by atoms with Gasteiger partial charge in [0.2, 0.25) is 0 Å². The van der Waals surface area contributed by atoms with E-state index in [9.17, 15) is 8.78 Å². The lowest BCUT2D eigenvalue weighted by Gasteiger charge is -2.14. The number of para-hydroxylation sites is 1. The molecule has 0 bridgehead atoms. The third kappa shape index (κ3) is 5.53. The van der Waals surface area contributed by atoms with Gasteiger partial charge in [0.15, 0.2) is 5.96 Å². The van der Waals surface area contributed by atoms with Gasteiger partial charge < -0.3 is 15.4 Å². The molecule has 24 heavy (non-hydrogen) atoms. The predicted molar refractivity (Wildman–Crippen MR) is 88.2 cm³/mol. The van der Waals surface area contributed by atoms with Crippen LogP contribution in [0.4, 0.5) is 8.78 Å². The van der Waals surface area contributed by atoms with Crippen LogP contribution in [0.25, 0.3) is 0 Å². The van der Waals surface area contributed by atoms with E-state index in [1.807, 2.05) is 19.4 Å². The number of aryl methyl sites for hydroxylation is 1. The molecule has 0 unspecified atom stereocenters. The van der Waals surface area contributed by atoms with Gasteiger partial charge in [0.25, 0.3) is 0 Å². The lowest BCUT2D eigenvalue weighted by atomic mass is 10.2. The number of hydrogen-bond acceptors (Lipinski definition) is 3. The van der Waals surface area contributed by atoms with Crippen LogP contribution in [0.5, 0.6) is 5.75 Å². The van der Waals surface area contributed by atoms with Gasteiger partial charge in [0, 0.05) is 38.9 Å². The number of aromatic nitrogens is 2. The first-order valence-electron chi connectivity index (χ1n) is 7.53. The van der Waals surface area contributed by atoms with Crippen LogP contribution in [0.3, 0.4) is 0 Å². The van der Waals surface area contributed by atoms with Gasteiger partial charge in [0.05, 0.1) is 6.20 Å². The number of benzene rings is 1. The van der Waals surface area contributed by atoms with Crippen molar-refractivity contribution < 1.29 is 13.5 Å². The first-order valence-corrected chi connectivity index (χ1v) is 7.53. The first-order chi connectivity index (χ1) is 11.6. The summed E-state index contributed by atoms with van der Waals surface area (Å²) in [6.45, 7) is -1.83. The molecule has 0 aliphatic carbocycles. The van der Waals surface area contributed by atoms with Crippen LogP contribution in [0.15, 0.2) is 41.7 Å². The molecule has 1 heterocycles. The zero-order valence-electron chi connectivity index (χ0n) is 13.7. The zero-order chi connectivity index (χ0) is 17.4. The molecule has 6 nitrogen and oxygen atoms in total. The van der Waals surface area contributed by atoms with Crippen LogP contribution >= 0.6 is 0 Å². The second-order valence-electron chi connectivity index (χ2n) is 5.11. The van der Waals surface area contributed by atoms with Crippen molar-refractivity contribution >= 4 is 5.96 Å². The maximum Gasteiger partial charge on any atom is 0.387 e. The fraction of sp³-hybridized carbons (Fsp3) is 0.375. The molecule has 0 saturated heterocycles. The molecule has 0 amide bonds. The molecule has 2 aromatic rings. The number of rotatable bonds is 7. The van der Waals surface area contributed by atoms with Crippen LogP contribution in [0.2, 0.25) is 0 Å². The topological polar surface area (TPSA) is 63.5 Å². The highest BCUT2D eigenvalue weighted by Crippen LogP contribution is 2.19. The Balaban J connectivity index is 1.83. The van der Waals surface area contributed by atoms with Crippen molar-refractivity contribution in [3.63, 3.8) is 0 Å². The van der Waals surface area contributed by atoms with Gasteiger partial charge in [-0.05, 0) is 18.1 Å². The van der Waals surface area contributed by atoms with E-state index in [-0.39, 0.29) is 5.75 Å². The van der Waals surface area contributed by atoms with E-state index in [0.29, 0.717) is 24.6 Å². The maximum atomic E-state index is 12.4. The Bertz CT molecular complexity index is 672. The van der Waals surface area contributed by atoms with Crippen LogP contribution in [-0.2, 0) is 20.0 Å². The molecule has 0 aliphatic heterocycles. The summed E-state index contributed by atoms with van der Waals surface area (Å²) in [5.41, 5.74) is 1.75. The minimum atomic E-state index is -2.84. The molecule has 0 aliphatic rings. The molecule has 0 spiro atoms. The molecule has 130 valence electrons. The fourth-order valence-corrected chi connectivity index (χ4v) is 2.19. The summed E-state index contributed by atoms with van der Waals surface area (Å²) in [6.07, 6.45) is 4.57. The largest absolute Gasteiger partial charge is 0.434 e. The summed E-state index contributed by atoms with van der Waals surface area (Å²) < 4.78 is 31.1. The second-order valence-corrected chi connectivity index (χ2v) is 5.11. The van der Waals surface area contributed by atoms with Crippen molar-refractivity contribution in [2.45, 2.75) is 19.6 Å². The van der Waals surface area contributed by atoms with E-state index < -0.39 is 6.61 Å². The average molecular weight is 337 g/mol. The van der Waals surface area contributed by atoms with Gasteiger partial charge in [-0.25, -0.2) is 0 Å². The number of hydrogen-bond donors (Lipinski definition) is 2. The average Bonchev–Trinajstić information content (AvgIpc) is 2.97. The van der Waals surface area contributed by atoms with Crippen molar-refractivity contribution in [3.05, 3.63) is 47.8 Å². The van der Waals surface area contributed by atoms with Crippen LogP contribution in [-0.4, -0.2) is 35.9 Å². The Morgan fingerprint density at radius 2 is 2.12 bits per heavy atom. The molecule has 0 fully saturated rings. The minimum Gasteiger partial charge on any atom is -0.434 e. The number of nitrogens with one attached hydrogen (secondary N) is 2. The van der Waals surface area contributed by atoms with Crippen LogP contribution < -0.4 is 15.4 Å². The summed E-state index contributed by atoms with van der Waals surface area (Å²) >= 11 is 0. The molecular formula is C16H21F2N5O. The smallest absolute Gasteiger partial charge is 0.387 e. The molecule has 8 heteroatoms. The Morgan fingerprint density at radius 1 is 1.33 bits per heavy atom. The third-order valence-electron chi connectivity index (χ3n) is 3.32. The number of halogens is 2. The predicted octanol–water partition coefficient (Wildman–Crippen LogP) is 1.93. The SMILES string of the molecule is CN=C(NCCc1cnn(C)c1)NCc1ccccc1OC(F)F. The number of nitrogens with zero attached hydrogens (tertiary/aromatic N) is 3. The van der Waals surface area contributed by atoms with Crippen molar-refractivity contribution in [2.75, 3.05) is 13.6 Å². The highest BCUT2D eigenvalue weighted by molar-refractivity contribution is 5.79. The van der Waals surface area contributed by atoms with Gasteiger partial charge in [-0.15, -0.1) is 0 Å². The van der Waals surface area contributed by atoms with Crippen LogP contribution in [0, 0.1) is 0 Å². The Labute approximate surface area is 139 Å². The van der Waals surface area contributed by atoms with E-state index in [1.165, 1.54) is 6.07 Å². The summed E-state index contributed by atoms with van der Waals surface area (Å²) in [6, 6.07) is 6.67. The summed E-state index contributed by atoms with van der Waals surface area (Å²) in [4.78, 5) is 4.11. The van der Waals surface area contributed by atoms with Crippen molar-refractivity contribution in [3.8, 4) is 5.75 Å². The van der Waals surface area contributed by atoms with Gasteiger partial charge in [-0.1, -0.05) is 18.2 Å². The number of guanidine groups is 1. The summed E-state index contributed by atoms with van der Waals surface area (Å²) in [7, 11) is 3.53. The van der Waals surface area contributed by atoms with E-state index in [1.54, 1.807) is 29.9 Å². The third-order valence-corrected chi connectivity index (χ3v) is 3.32. The monoisotopic (exact) mass is 337 g/mol. The lowest BCUT2D eigenvalue weighted by molar-refractivity contribution is -0.0504. The van der Waals surface area contributed by atoms with Gasteiger partial charge in [0.1, 0.15) is 5.75 Å². The molecule has 1 aromatic heterocycles. The van der Waals surface area contributed by atoms with Crippen molar-refractivity contribution in [2.24, 2.45) is 12.0 Å². The highest BCUT2D eigenvalue weighted by atomic mass is 19.3. The van der Waals surface area contributed by atoms with Gasteiger partial charge in [-0.3, -0.25) is 9.67 Å². The Morgan fingerprint density at radius 3 is 2.79 bits per heavy atom. The maximum absolute atomic E-state index is 12.4. The molecular weight excluding hydrogens is 316 g/mol. The van der Waals surface area contributed by atoms with Crippen LogP contribution in [0.1, 0.15) is 11.1 Å². The van der Waals surface area contributed by atoms with E-state index in [0.717, 1.165) is 12.0 Å². The molecule has 1 aromatic carbocycles. The van der Waals surface area contributed by atoms with E-state index in [4.69, 9.17) is 0 Å². The zero-order valence-corrected chi connectivity index (χ0v) is 13.7.